The molecule has 0 saturated heterocycles. The second-order valence-corrected chi connectivity index (χ2v) is 5.92. The number of thioether (sulfide) groups is 1. The first kappa shape index (κ1) is 16.6. The molecule has 110 valence electrons. The molecule has 1 aromatic carbocycles. The molecule has 0 heterocycles. The summed E-state index contributed by atoms with van der Waals surface area (Å²) in [6, 6.07) is 9.93. The third kappa shape index (κ3) is 5.65. The van der Waals surface area contributed by atoms with E-state index in [-0.39, 0.29) is 17.7 Å². The van der Waals surface area contributed by atoms with Crippen molar-refractivity contribution in [3.8, 4) is 0 Å². The van der Waals surface area contributed by atoms with Gasteiger partial charge < -0.3 is 10.0 Å². The zero-order valence-corrected chi connectivity index (χ0v) is 12.7. The molecule has 0 spiro atoms. The predicted molar refractivity (Wildman–Crippen MR) is 81.7 cm³/mol. The van der Waals surface area contributed by atoms with Crippen molar-refractivity contribution in [2.45, 2.75) is 31.3 Å². The Kier molecular flexibility index (Phi) is 7.15. The molecule has 0 radical (unpaired) electrons. The number of carboxylic acids is 1. The van der Waals surface area contributed by atoms with Crippen LogP contribution >= 0.6 is 11.8 Å². The van der Waals surface area contributed by atoms with Gasteiger partial charge in [0.2, 0.25) is 5.91 Å². The Morgan fingerprint density at radius 1 is 1.30 bits per heavy atom. The van der Waals surface area contributed by atoms with Crippen LogP contribution in [0.5, 0.6) is 0 Å². The van der Waals surface area contributed by atoms with Crippen LogP contribution in [0, 0.1) is 0 Å². The van der Waals surface area contributed by atoms with Gasteiger partial charge in [0.25, 0.3) is 0 Å². The lowest BCUT2D eigenvalue weighted by atomic mass is 10.2. The molecule has 0 aromatic heterocycles. The highest BCUT2D eigenvalue weighted by atomic mass is 32.2. The zero-order valence-electron chi connectivity index (χ0n) is 11.9. The molecule has 1 rings (SSSR count). The molecule has 0 saturated carbocycles. The Hall–Kier alpha value is -1.49. The van der Waals surface area contributed by atoms with Crippen molar-refractivity contribution in [3.05, 3.63) is 35.9 Å². The van der Waals surface area contributed by atoms with Crippen LogP contribution in [0.2, 0.25) is 0 Å². The van der Waals surface area contributed by atoms with E-state index in [1.807, 2.05) is 44.2 Å². The van der Waals surface area contributed by atoms with E-state index < -0.39 is 5.97 Å². The maximum Gasteiger partial charge on any atom is 0.323 e. The summed E-state index contributed by atoms with van der Waals surface area (Å²) in [5.74, 6) is -0.317. The number of benzene rings is 1. The van der Waals surface area contributed by atoms with Crippen molar-refractivity contribution in [2.24, 2.45) is 0 Å². The normalized spacial score (nSPS) is 11.9. The fourth-order valence-electron chi connectivity index (χ4n) is 1.82. The molecule has 5 heteroatoms. The number of hydrogen-bond acceptors (Lipinski definition) is 3. The van der Waals surface area contributed by atoms with Crippen LogP contribution in [0.4, 0.5) is 0 Å². The summed E-state index contributed by atoms with van der Waals surface area (Å²) in [5.41, 5.74) is 1.16. The number of carbonyl (C=O) groups is 2. The van der Waals surface area contributed by atoms with Crippen LogP contribution in [0.25, 0.3) is 0 Å². The maximum absolute atomic E-state index is 12.2. The minimum Gasteiger partial charge on any atom is -0.480 e. The number of carboxylic acid groups (broad SMARTS) is 1. The fourth-order valence-corrected chi connectivity index (χ4v) is 2.75. The van der Waals surface area contributed by atoms with Gasteiger partial charge in [0.05, 0.1) is 5.25 Å². The lowest BCUT2D eigenvalue weighted by Crippen LogP contribution is -2.40. The third-order valence-corrected chi connectivity index (χ3v) is 4.02. The van der Waals surface area contributed by atoms with Crippen molar-refractivity contribution in [2.75, 3.05) is 13.1 Å². The van der Waals surface area contributed by atoms with Crippen LogP contribution in [-0.2, 0) is 15.3 Å². The van der Waals surface area contributed by atoms with E-state index in [0.717, 1.165) is 17.7 Å². The Morgan fingerprint density at radius 2 is 1.95 bits per heavy atom. The maximum atomic E-state index is 12.2. The summed E-state index contributed by atoms with van der Waals surface area (Å²) < 4.78 is 0. The first-order valence-electron chi connectivity index (χ1n) is 6.70. The molecule has 0 aliphatic heterocycles. The zero-order chi connectivity index (χ0) is 15.0. The molecule has 0 bridgehead atoms. The summed E-state index contributed by atoms with van der Waals surface area (Å²) in [6.45, 7) is 4.04. The minimum atomic E-state index is -0.966. The standard InChI is InChI=1S/C15H21NO3S/c1-3-9-16(10-14(17)18)15(19)12(2)20-11-13-7-5-4-6-8-13/h4-8,12H,3,9-11H2,1-2H3,(H,17,18). The Morgan fingerprint density at radius 3 is 2.50 bits per heavy atom. The van der Waals surface area contributed by atoms with E-state index in [1.54, 1.807) is 0 Å². The van der Waals surface area contributed by atoms with Crippen LogP contribution in [-0.4, -0.2) is 40.2 Å². The van der Waals surface area contributed by atoms with Gasteiger partial charge in [-0.2, -0.15) is 0 Å². The highest BCUT2D eigenvalue weighted by Gasteiger charge is 2.22. The Labute approximate surface area is 124 Å². The molecule has 1 aromatic rings. The van der Waals surface area contributed by atoms with Gasteiger partial charge >= 0.3 is 5.97 Å². The second-order valence-electron chi connectivity index (χ2n) is 4.59. The monoisotopic (exact) mass is 295 g/mol. The van der Waals surface area contributed by atoms with Crippen molar-refractivity contribution in [3.63, 3.8) is 0 Å². The average molecular weight is 295 g/mol. The molecule has 1 N–H and O–H groups in total. The Balaban J connectivity index is 2.53. The van der Waals surface area contributed by atoms with E-state index in [2.05, 4.69) is 0 Å². The summed E-state index contributed by atoms with van der Waals surface area (Å²) in [7, 11) is 0. The van der Waals surface area contributed by atoms with E-state index in [0.29, 0.717) is 6.54 Å². The SMILES string of the molecule is CCCN(CC(=O)O)C(=O)C(C)SCc1ccccc1. The van der Waals surface area contributed by atoms with Crippen LogP contribution in [0.3, 0.4) is 0 Å². The van der Waals surface area contributed by atoms with Gasteiger partial charge in [-0.3, -0.25) is 9.59 Å². The number of hydrogen-bond donors (Lipinski definition) is 1. The predicted octanol–water partition coefficient (Wildman–Crippen LogP) is 2.63. The van der Waals surface area contributed by atoms with E-state index in [1.165, 1.54) is 16.7 Å². The third-order valence-electron chi connectivity index (χ3n) is 2.82. The summed E-state index contributed by atoms with van der Waals surface area (Å²) >= 11 is 1.53. The summed E-state index contributed by atoms with van der Waals surface area (Å²) in [4.78, 5) is 24.4. The summed E-state index contributed by atoms with van der Waals surface area (Å²) in [6.07, 6.45) is 0.759. The lowest BCUT2D eigenvalue weighted by Gasteiger charge is -2.23. The molecule has 0 aliphatic rings. The number of rotatable bonds is 8. The van der Waals surface area contributed by atoms with Crippen molar-refractivity contribution >= 4 is 23.6 Å². The first-order chi connectivity index (χ1) is 9.54. The smallest absolute Gasteiger partial charge is 0.323 e. The fraction of sp³-hybridized carbons (Fsp3) is 0.467. The highest BCUT2D eigenvalue weighted by Crippen LogP contribution is 2.19. The van der Waals surface area contributed by atoms with Gasteiger partial charge in [0.15, 0.2) is 0 Å². The van der Waals surface area contributed by atoms with Gasteiger partial charge in [0.1, 0.15) is 6.54 Å². The Bertz CT molecular complexity index is 436. The quantitative estimate of drug-likeness (QED) is 0.801. The van der Waals surface area contributed by atoms with Crippen molar-refractivity contribution in [1.29, 1.82) is 0 Å². The van der Waals surface area contributed by atoms with Crippen LogP contribution in [0.1, 0.15) is 25.8 Å². The number of carbonyl (C=O) groups excluding carboxylic acids is 1. The summed E-state index contributed by atoms with van der Waals surface area (Å²) in [5, 5.41) is 8.61. The molecule has 1 amide bonds. The molecule has 20 heavy (non-hydrogen) atoms. The van der Waals surface area contributed by atoms with Gasteiger partial charge in [-0.15, -0.1) is 11.8 Å². The van der Waals surface area contributed by atoms with E-state index in [9.17, 15) is 9.59 Å². The second kappa shape index (κ2) is 8.64. The molecule has 0 fully saturated rings. The van der Waals surface area contributed by atoms with Gasteiger partial charge in [-0.25, -0.2) is 0 Å². The van der Waals surface area contributed by atoms with Gasteiger partial charge in [0, 0.05) is 12.3 Å². The lowest BCUT2D eigenvalue weighted by molar-refractivity contribution is -0.144. The molecule has 4 nitrogen and oxygen atoms in total. The highest BCUT2D eigenvalue weighted by molar-refractivity contribution is 7.99. The largest absolute Gasteiger partial charge is 0.480 e. The van der Waals surface area contributed by atoms with Crippen molar-refractivity contribution < 1.29 is 14.7 Å². The average Bonchev–Trinajstić information content (AvgIpc) is 2.44. The molecule has 1 unspecified atom stereocenters. The molecule has 0 aliphatic carbocycles. The van der Waals surface area contributed by atoms with E-state index >= 15 is 0 Å². The number of aliphatic carboxylic acids is 1. The minimum absolute atomic E-state index is 0.102. The van der Waals surface area contributed by atoms with Crippen molar-refractivity contribution in [1.82, 2.24) is 4.90 Å². The van der Waals surface area contributed by atoms with Gasteiger partial charge in [-0.1, -0.05) is 37.3 Å². The first-order valence-corrected chi connectivity index (χ1v) is 7.75. The molecular weight excluding hydrogens is 274 g/mol. The molecular formula is C15H21NO3S. The topological polar surface area (TPSA) is 57.6 Å². The van der Waals surface area contributed by atoms with Crippen LogP contribution < -0.4 is 0 Å². The van der Waals surface area contributed by atoms with Gasteiger partial charge in [-0.05, 0) is 18.9 Å². The number of nitrogens with zero attached hydrogens (tertiary/aromatic N) is 1. The van der Waals surface area contributed by atoms with Crippen LogP contribution in [0.15, 0.2) is 30.3 Å². The number of amides is 1. The molecule has 1 atom stereocenters. The van der Waals surface area contributed by atoms with E-state index in [4.69, 9.17) is 5.11 Å².